The van der Waals surface area contributed by atoms with Crippen LogP contribution >= 0.6 is 15.9 Å². The van der Waals surface area contributed by atoms with Gasteiger partial charge in [-0.2, -0.15) is 0 Å². The lowest BCUT2D eigenvalue weighted by Gasteiger charge is -2.08. The third-order valence-corrected chi connectivity index (χ3v) is 3.15. The molecule has 0 N–H and O–H groups in total. The van der Waals surface area contributed by atoms with Crippen LogP contribution in [0.4, 0.5) is 0 Å². The first kappa shape index (κ1) is 10.4. The quantitative estimate of drug-likeness (QED) is 0.614. The first-order valence-electron chi connectivity index (χ1n) is 4.70. The highest BCUT2D eigenvalue weighted by Crippen LogP contribution is 2.26. The molecule has 0 unspecified atom stereocenters. The van der Waals surface area contributed by atoms with Crippen LogP contribution < -0.4 is 0 Å². The summed E-state index contributed by atoms with van der Waals surface area (Å²) >= 11 is 3.20. The summed E-state index contributed by atoms with van der Waals surface area (Å²) in [4.78, 5) is 11.7. The van der Waals surface area contributed by atoms with E-state index in [1.165, 1.54) is 0 Å². The molecule has 0 saturated heterocycles. The van der Waals surface area contributed by atoms with Gasteiger partial charge in [0.1, 0.15) is 0 Å². The van der Waals surface area contributed by atoms with Gasteiger partial charge in [-0.1, -0.05) is 15.9 Å². The first-order chi connectivity index (χ1) is 7.15. The number of furan rings is 1. The number of fused-ring (bicyclic) bond motifs is 1. The van der Waals surface area contributed by atoms with Gasteiger partial charge in [-0.3, -0.25) is 4.79 Å². The Morgan fingerprint density at radius 1 is 1.40 bits per heavy atom. The maximum atomic E-state index is 11.7. The molecule has 78 valence electrons. The van der Waals surface area contributed by atoms with E-state index in [-0.39, 0.29) is 5.78 Å². The van der Waals surface area contributed by atoms with Crippen molar-refractivity contribution >= 4 is 32.5 Å². The smallest absolute Gasteiger partial charge is 0.173 e. The normalized spacial score (nSPS) is 10.9. The van der Waals surface area contributed by atoms with E-state index < -0.39 is 0 Å². The second kappa shape index (κ2) is 3.81. The number of rotatable bonds is 2. The van der Waals surface area contributed by atoms with Gasteiger partial charge < -0.3 is 4.42 Å². The molecule has 2 aromatic rings. The molecule has 0 aliphatic carbocycles. The monoisotopic (exact) mass is 266 g/mol. The van der Waals surface area contributed by atoms with Crippen LogP contribution in [0.3, 0.4) is 0 Å². The van der Waals surface area contributed by atoms with E-state index in [4.69, 9.17) is 4.42 Å². The van der Waals surface area contributed by atoms with E-state index >= 15 is 0 Å². The molecule has 0 fully saturated rings. The molecule has 1 aromatic heterocycles. The summed E-state index contributed by atoms with van der Waals surface area (Å²) in [7, 11) is 0. The molecule has 3 heteroatoms. The summed E-state index contributed by atoms with van der Waals surface area (Å²) in [6.07, 6.45) is 3.40. The van der Waals surface area contributed by atoms with Gasteiger partial charge in [0.2, 0.25) is 0 Å². The second-order valence-electron chi connectivity index (χ2n) is 3.62. The number of benzene rings is 1. The number of hydrogen-bond acceptors (Lipinski definition) is 2. The van der Waals surface area contributed by atoms with Crippen molar-refractivity contribution < 1.29 is 9.21 Å². The van der Waals surface area contributed by atoms with Crippen molar-refractivity contribution in [3.8, 4) is 0 Å². The minimum Gasteiger partial charge on any atom is -0.471 e. The molecule has 0 amide bonds. The number of halogens is 1. The van der Waals surface area contributed by atoms with Gasteiger partial charge >= 0.3 is 0 Å². The summed E-state index contributed by atoms with van der Waals surface area (Å²) in [6.45, 7) is 3.91. The lowest BCUT2D eigenvalue weighted by Crippen LogP contribution is -2.05. The van der Waals surface area contributed by atoms with Gasteiger partial charge in [0, 0.05) is 16.3 Å². The fourth-order valence-electron chi connectivity index (χ4n) is 1.96. The van der Waals surface area contributed by atoms with Gasteiger partial charge in [-0.05, 0) is 31.0 Å². The van der Waals surface area contributed by atoms with Gasteiger partial charge in [0.05, 0.1) is 17.9 Å². The number of alkyl halides is 1. The fourth-order valence-corrected chi connectivity index (χ4v) is 2.24. The second-order valence-corrected chi connectivity index (χ2v) is 4.19. The SMILES string of the molecule is Cc1cc2cocc2c(C)c1C(=O)CBr. The molecule has 0 bridgehead atoms. The van der Waals surface area contributed by atoms with E-state index in [0.717, 1.165) is 27.5 Å². The van der Waals surface area contributed by atoms with E-state index in [1.807, 2.05) is 19.9 Å². The van der Waals surface area contributed by atoms with Crippen LogP contribution in [0.25, 0.3) is 10.8 Å². The van der Waals surface area contributed by atoms with E-state index in [1.54, 1.807) is 12.5 Å². The number of Topliss-reactive ketones (excluding diaryl/α,β-unsaturated/α-hetero) is 1. The van der Waals surface area contributed by atoms with Gasteiger partial charge in [0.15, 0.2) is 5.78 Å². The Balaban J connectivity index is 2.78. The molecule has 2 nitrogen and oxygen atoms in total. The van der Waals surface area contributed by atoms with Crippen molar-refractivity contribution in [2.75, 3.05) is 5.33 Å². The number of hydrogen-bond donors (Lipinski definition) is 0. The van der Waals surface area contributed by atoms with Crippen LogP contribution in [0.15, 0.2) is 23.0 Å². The summed E-state index contributed by atoms with van der Waals surface area (Å²) in [5, 5.41) is 2.43. The predicted octanol–water partition coefficient (Wildman–Crippen LogP) is 3.63. The van der Waals surface area contributed by atoms with Crippen LogP contribution in [-0.2, 0) is 0 Å². The number of aryl methyl sites for hydroxylation is 2. The average molecular weight is 267 g/mol. The highest BCUT2D eigenvalue weighted by atomic mass is 79.9. The maximum absolute atomic E-state index is 11.7. The molecule has 0 saturated carbocycles. The van der Waals surface area contributed by atoms with Crippen LogP contribution in [0.5, 0.6) is 0 Å². The number of carbonyl (C=O) groups excluding carboxylic acids is 1. The van der Waals surface area contributed by atoms with Crippen LogP contribution in [0.2, 0.25) is 0 Å². The molecule has 0 aliphatic rings. The molecule has 0 atom stereocenters. The fraction of sp³-hybridized carbons (Fsp3) is 0.250. The van der Waals surface area contributed by atoms with Crippen molar-refractivity contribution in [1.29, 1.82) is 0 Å². The summed E-state index contributed by atoms with van der Waals surface area (Å²) < 4.78 is 5.15. The zero-order chi connectivity index (χ0) is 11.0. The minimum atomic E-state index is 0.119. The Labute approximate surface area is 96.4 Å². The maximum Gasteiger partial charge on any atom is 0.173 e. The molecular weight excluding hydrogens is 256 g/mol. The molecule has 0 radical (unpaired) electrons. The Bertz CT molecular complexity index is 526. The third kappa shape index (κ3) is 1.61. The van der Waals surface area contributed by atoms with E-state index in [0.29, 0.717) is 5.33 Å². The highest BCUT2D eigenvalue weighted by Gasteiger charge is 2.14. The van der Waals surface area contributed by atoms with Crippen molar-refractivity contribution in [2.45, 2.75) is 13.8 Å². The van der Waals surface area contributed by atoms with Crippen molar-refractivity contribution in [2.24, 2.45) is 0 Å². The molecule has 2 rings (SSSR count). The average Bonchev–Trinajstić information content (AvgIpc) is 2.65. The topological polar surface area (TPSA) is 30.2 Å². The predicted molar refractivity (Wildman–Crippen MR) is 63.8 cm³/mol. The lowest BCUT2D eigenvalue weighted by atomic mass is 9.96. The Kier molecular flexibility index (Phi) is 2.65. The summed E-state index contributed by atoms with van der Waals surface area (Å²) in [5.74, 6) is 0.119. The first-order valence-corrected chi connectivity index (χ1v) is 5.82. The molecule has 15 heavy (non-hydrogen) atoms. The Hall–Kier alpha value is -1.09. The van der Waals surface area contributed by atoms with Crippen LogP contribution in [0, 0.1) is 13.8 Å². The highest BCUT2D eigenvalue weighted by molar-refractivity contribution is 9.09. The van der Waals surface area contributed by atoms with Crippen molar-refractivity contribution in [3.05, 3.63) is 35.3 Å². The Morgan fingerprint density at radius 2 is 2.13 bits per heavy atom. The Morgan fingerprint density at radius 3 is 2.80 bits per heavy atom. The molecule has 0 aliphatic heterocycles. The minimum absolute atomic E-state index is 0.119. The third-order valence-electron chi connectivity index (χ3n) is 2.64. The largest absolute Gasteiger partial charge is 0.471 e. The molecule has 1 heterocycles. The summed E-state index contributed by atoms with van der Waals surface area (Å²) in [5.41, 5.74) is 2.81. The molecular formula is C12H11BrO2. The van der Waals surface area contributed by atoms with E-state index in [9.17, 15) is 4.79 Å². The zero-order valence-corrected chi connectivity index (χ0v) is 10.2. The lowest BCUT2D eigenvalue weighted by molar-refractivity contribution is 0.102. The van der Waals surface area contributed by atoms with Crippen LogP contribution in [-0.4, -0.2) is 11.1 Å². The standard InChI is InChI=1S/C12H11BrO2/c1-7-3-9-5-15-6-10(9)8(2)12(7)11(14)4-13/h3,5-6H,4H2,1-2H3. The van der Waals surface area contributed by atoms with Gasteiger partial charge in [0.25, 0.3) is 0 Å². The van der Waals surface area contributed by atoms with Crippen LogP contribution in [0.1, 0.15) is 21.5 Å². The van der Waals surface area contributed by atoms with Gasteiger partial charge in [-0.15, -0.1) is 0 Å². The molecule has 1 aromatic carbocycles. The molecule has 0 spiro atoms. The number of ketones is 1. The van der Waals surface area contributed by atoms with Crippen molar-refractivity contribution in [1.82, 2.24) is 0 Å². The zero-order valence-electron chi connectivity index (χ0n) is 8.63. The summed E-state index contributed by atoms with van der Waals surface area (Å²) in [6, 6.07) is 1.99. The van der Waals surface area contributed by atoms with Crippen molar-refractivity contribution in [3.63, 3.8) is 0 Å². The van der Waals surface area contributed by atoms with E-state index in [2.05, 4.69) is 15.9 Å². The van der Waals surface area contributed by atoms with Gasteiger partial charge in [-0.25, -0.2) is 0 Å². The number of carbonyl (C=O) groups is 1.